The Morgan fingerprint density at radius 3 is 2.29 bits per heavy atom. The van der Waals surface area contributed by atoms with Crippen LogP contribution in [0.4, 0.5) is 8.78 Å². The fraction of sp³-hybridized carbons (Fsp3) is 0.600. The van der Waals surface area contributed by atoms with Gasteiger partial charge in [-0.25, -0.2) is 8.78 Å². The van der Waals surface area contributed by atoms with Crippen molar-refractivity contribution in [2.75, 3.05) is 26.7 Å². The van der Waals surface area contributed by atoms with Gasteiger partial charge in [0.15, 0.2) is 0 Å². The Morgan fingerprint density at radius 2 is 1.81 bits per heavy atom. The van der Waals surface area contributed by atoms with E-state index in [1.165, 1.54) is 37.7 Å². The van der Waals surface area contributed by atoms with E-state index in [2.05, 4.69) is 35.9 Å². The standard InChI is InChI=1S/C16H22FNO.C12H17FN2.C7H15N/c1-5-6-13-7-8-14(9-15(13)17)12(4)18-16(10-19)11(2)3;1-4-8-6-9-11(7-10(8)13)14-15(3)12(9)5-2;1-3-7-4-5-8(2)6-7/h7-9,19H,5-6,10H2,1-4H3;6,10H,4-5,7H2,1-3H3;7H,3-6H2,1-2H3. The zero-order valence-corrected chi connectivity index (χ0v) is 27.5. The molecule has 1 aliphatic carbocycles. The van der Waals surface area contributed by atoms with Crippen LogP contribution in [0.2, 0.25) is 0 Å². The van der Waals surface area contributed by atoms with Crippen molar-refractivity contribution in [3.8, 4) is 0 Å². The molecule has 2 aromatic rings. The molecular formula is C35H54F2N4O. The van der Waals surface area contributed by atoms with Gasteiger partial charge in [0, 0.05) is 37.0 Å². The quantitative estimate of drug-likeness (QED) is 0.321. The first-order valence-corrected chi connectivity index (χ1v) is 15.7. The number of fused-ring (bicyclic) bond motifs is 1. The van der Waals surface area contributed by atoms with E-state index in [0.717, 1.165) is 65.1 Å². The average molecular weight is 585 g/mol. The van der Waals surface area contributed by atoms with E-state index in [1.54, 1.807) is 0 Å². The number of aliphatic imine (C=N–C) groups is 1. The lowest BCUT2D eigenvalue weighted by molar-refractivity contribution is 0.328. The van der Waals surface area contributed by atoms with Crippen molar-refractivity contribution in [3.05, 3.63) is 68.9 Å². The summed E-state index contributed by atoms with van der Waals surface area (Å²) in [4.78, 5) is 6.77. The Balaban J connectivity index is 0.000000237. The molecule has 0 spiro atoms. The molecule has 1 N–H and O–H groups in total. The number of rotatable bonds is 8. The number of aliphatic hydroxyl groups excluding tert-OH is 1. The minimum atomic E-state index is -0.831. The number of likely N-dealkylation sites (tertiary alicyclic amines) is 1. The highest BCUT2D eigenvalue weighted by molar-refractivity contribution is 5.99. The van der Waals surface area contributed by atoms with Gasteiger partial charge in [-0.3, -0.25) is 9.67 Å². The van der Waals surface area contributed by atoms with Crippen molar-refractivity contribution < 1.29 is 13.9 Å². The molecule has 1 fully saturated rings. The van der Waals surface area contributed by atoms with Gasteiger partial charge in [-0.2, -0.15) is 5.10 Å². The number of halogens is 2. The van der Waals surface area contributed by atoms with E-state index >= 15 is 0 Å². The molecule has 5 nitrogen and oxygen atoms in total. The predicted molar refractivity (Wildman–Crippen MR) is 173 cm³/mol. The number of aryl methyl sites for hydroxylation is 2. The number of aliphatic hydroxyl groups is 1. The Labute approximate surface area is 253 Å². The molecule has 0 bridgehead atoms. The number of allylic oxidation sites excluding steroid dienone is 2. The summed E-state index contributed by atoms with van der Waals surface area (Å²) >= 11 is 0. The summed E-state index contributed by atoms with van der Waals surface area (Å²) in [7, 11) is 4.14. The number of benzene rings is 1. The topological polar surface area (TPSA) is 53.7 Å². The van der Waals surface area contributed by atoms with E-state index < -0.39 is 6.17 Å². The van der Waals surface area contributed by atoms with E-state index in [0.29, 0.717) is 17.8 Å². The number of hydrogen-bond donors (Lipinski definition) is 1. The van der Waals surface area contributed by atoms with Crippen LogP contribution in [0.25, 0.3) is 6.08 Å². The van der Waals surface area contributed by atoms with Crippen LogP contribution in [0.1, 0.15) is 102 Å². The fourth-order valence-corrected chi connectivity index (χ4v) is 5.45. The predicted octanol–water partition coefficient (Wildman–Crippen LogP) is 7.89. The Hall–Kier alpha value is -2.64. The average Bonchev–Trinajstić information content (AvgIpc) is 3.53. The molecule has 0 radical (unpaired) electrons. The number of aromatic nitrogens is 2. The van der Waals surface area contributed by atoms with Crippen LogP contribution >= 0.6 is 0 Å². The lowest BCUT2D eigenvalue weighted by Gasteiger charge is -2.16. The maximum Gasteiger partial charge on any atom is 0.127 e. The monoisotopic (exact) mass is 584 g/mol. The van der Waals surface area contributed by atoms with Crippen molar-refractivity contribution in [2.45, 2.75) is 99.6 Å². The van der Waals surface area contributed by atoms with E-state index in [4.69, 9.17) is 0 Å². The van der Waals surface area contributed by atoms with Crippen LogP contribution in [0.5, 0.6) is 0 Å². The van der Waals surface area contributed by atoms with Gasteiger partial charge in [-0.15, -0.1) is 0 Å². The molecular weight excluding hydrogens is 530 g/mol. The minimum absolute atomic E-state index is 0.101. The lowest BCUT2D eigenvalue weighted by Crippen LogP contribution is -2.13. The molecule has 2 unspecified atom stereocenters. The molecule has 234 valence electrons. The Bertz CT molecular complexity index is 1240. The molecule has 42 heavy (non-hydrogen) atoms. The molecule has 1 aliphatic heterocycles. The Kier molecular flexibility index (Phi) is 14.8. The molecule has 0 amide bonds. The molecule has 2 atom stereocenters. The second-order valence-corrected chi connectivity index (χ2v) is 11.7. The maximum absolute atomic E-state index is 13.9. The van der Waals surface area contributed by atoms with Gasteiger partial charge in [0.2, 0.25) is 0 Å². The SMILES string of the molecule is CCC1=Cc2c(nn(C)c2CC)CC1F.CCC1CCN(C)C1.CCCc1ccc(C(C)=NC(CO)=C(C)C)cc1F. The van der Waals surface area contributed by atoms with Gasteiger partial charge < -0.3 is 10.0 Å². The van der Waals surface area contributed by atoms with Crippen LogP contribution < -0.4 is 0 Å². The summed E-state index contributed by atoms with van der Waals surface area (Å²) in [6.45, 7) is 16.6. The van der Waals surface area contributed by atoms with Crippen LogP contribution in [0.15, 0.2) is 40.0 Å². The molecule has 7 heteroatoms. The van der Waals surface area contributed by atoms with Crippen molar-refractivity contribution in [1.82, 2.24) is 14.7 Å². The summed E-state index contributed by atoms with van der Waals surface area (Å²) in [5.41, 5.74) is 8.00. The van der Waals surface area contributed by atoms with Crippen molar-refractivity contribution in [2.24, 2.45) is 18.0 Å². The molecule has 1 aromatic carbocycles. The van der Waals surface area contributed by atoms with E-state index in [9.17, 15) is 13.9 Å². The summed E-state index contributed by atoms with van der Waals surface area (Å²) in [5.74, 6) is 0.816. The highest BCUT2D eigenvalue weighted by Crippen LogP contribution is 2.29. The molecule has 1 aromatic heterocycles. The zero-order chi connectivity index (χ0) is 31.4. The van der Waals surface area contributed by atoms with Crippen molar-refractivity contribution >= 4 is 11.8 Å². The fourth-order valence-electron chi connectivity index (χ4n) is 5.45. The molecule has 1 saturated heterocycles. The van der Waals surface area contributed by atoms with Gasteiger partial charge in [0.25, 0.3) is 0 Å². The van der Waals surface area contributed by atoms with Gasteiger partial charge in [-0.05, 0) is 94.8 Å². The normalized spacial score (nSPS) is 18.4. The van der Waals surface area contributed by atoms with Crippen molar-refractivity contribution in [1.29, 1.82) is 0 Å². The van der Waals surface area contributed by atoms with Gasteiger partial charge >= 0.3 is 0 Å². The summed E-state index contributed by atoms with van der Waals surface area (Å²) in [5, 5.41) is 13.6. The minimum Gasteiger partial charge on any atom is -0.390 e. The van der Waals surface area contributed by atoms with Crippen LogP contribution in [-0.4, -0.2) is 58.4 Å². The lowest BCUT2D eigenvalue weighted by atomic mass is 9.92. The highest BCUT2D eigenvalue weighted by Gasteiger charge is 2.24. The van der Waals surface area contributed by atoms with Gasteiger partial charge in [-0.1, -0.05) is 58.2 Å². The first-order chi connectivity index (χ1) is 20.0. The summed E-state index contributed by atoms with van der Waals surface area (Å²) in [6, 6.07) is 5.21. The molecule has 2 heterocycles. The first kappa shape index (κ1) is 35.6. The van der Waals surface area contributed by atoms with Gasteiger partial charge in [0.05, 0.1) is 18.0 Å². The number of alkyl halides is 1. The van der Waals surface area contributed by atoms with Gasteiger partial charge in [0.1, 0.15) is 12.0 Å². The second kappa shape index (κ2) is 17.5. The smallest absolute Gasteiger partial charge is 0.127 e. The Morgan fingerprint density at radius 1 is 1.10 bits per heavy atom. The number of hydrogen-bond acceptors (Lipinski definition) is 4. The van der Waals surface area contributed by atoms with E-state index in [1.807, 2.05) is 64.6 Å². The molecule has 0 saturated carbocycles. The largest absolute Gasteiger partial charge is 0.390 e. The highest BCUT2D eigenvalue weighted by atomic mass is 19.1. The van der Waals surface area contributed by atoms with Crippen LogP contribution in [0, 0.1) is 11.7 Å². The molecule has 4 rings (SSSR count). The number of nitrogens with zero attached hydrogens (tertiary/aromatic N) is 4. The van der Waals surface area contributed by atoms with Crippen molar-refractivity contribution in [3.63, 3.8) is 0 Å². The summed E-state index contributed by atoms with van der Waals surface area (Å²) < 4.78 is 29.4. The second-order valence-electron chi connectivity index (χ2n) is 11.7. The zero-order valence-electron chi connectivity index (χ0n) is 27.5. The molecule has 2 aliphatic rings. The van der Waals surface area contributed by atoms with Crippen LogP contribution in [-0.2, 0) is 26.3 Å². The third kappa shape index (κ3) is 9.98. The third-order valence-electron chi connectivity index (χ3n) is 8.22. The van der Waals surface area contributed by atoms with Crippen LogP contribution in [0.3, 0.4) is 0 Å². The summed E-state index contributed by atoms with van der Waals surface area (Å²) in [6.07, 6.45) is 7.81. The first-order valence-electron chi connectivity index (χ1n) is 15.7. The maximum atomic E-state index is 13.9. The third-order valence-corrected chi connectivity index (χ3v) is 8.22. The van der Waals surface area contributed by atoms with E-state index in [-0.39, 0.29) is 12.4 Å².